The van der Waals surface area contributed by atoms with Crippen molar-refractivity contribution in [3.05, 3.63) is 24.8 Å². The summed E-state index contributed by atoms with van der Waals surface area (Å²) >= 11 is 0. The molecule has 0 aliphatic heterocycles. The third-order valence-corrected chi connectivity index (χ3v) is 2.29. The molecule has 0 spiro atoms. The van der Waals surface area contributed by atoms with Gasteiger partial charge in [-0.25, -0.2) is 0 Å². The lowest BCUT2D eigenvalue weighted by molar-refractivity contribution is -0.140. The fourth-order valence-electron chi connectivity index (χ4n) is 1.41. The van der Waals surface area contributed by atoms with E-state index in [1.807, 2.05) is 6.08 Å². The summed E-state index contributed by atoms with van der Waals surface area (Å²) in [4.78, 5) is 10.5. The second kappa shape index (κ2) is 12.0. The number of hydrogen-bond donors (Lipinski definition) is 0. The van der Waals surface area contributed by atoms with E-state index >= 15 is 0 Å². The standard InChI is InChI=1S/C14H24O2/c1-3-4-5-6-7-8-9-10-11-12-13-16-14(2)15/h3,10-11H,1,4-9,12-13H2,2H3/b11-10+. The Balaban J connectivity index is 3.09. The van der Waals surface area contributed by atoms with E-state index in [9.17, 15) is 4.79 Å². The lowest BCUT2D eigenvalue weighted by Gasteiger charge is -1.98. The highest BCUT2D eigenvalue weighted by Crippen LogP contribution is 2.06. The maximum atomic E-state index is 10.5. The van der Waals surface area contributed by atoms with Crippen LogP contribution in [0.5, 0.6) is 0 Å². The number of carbonyl (C=O) groups is 1. The minimum atomic E-state index is -0.199. The zero-order chi connectivity index (χ0) is 12.1. The summed E-state index contributed by atoms with van der Waals surface area (Å²) in [7, 11) is 0. The first kappa shape index (κ1) is 14.9. The number of allylic oxidation sites excluding steroid dienone is 2. The predicted octanol–water partition coefficient (Wildman–Crippen LogP) is 4.02. The van der Waals surface area contributed by atoms with Gasteiger partial charge in [0, 0.05) is 6.92 Å². The summed E-state index contributed by atoms with van der Waals surface area (Å²) in [5.41, 5.74) is 0. The van der Waals surface area contributed by atoms with Gasteiger partial charge in [0.15, 0.2) is 0 Å². The van der Waals surface area contributed by atoms with Crippen molar-refractivity contribution in [2.45, 2.75) is 51.9 Å². The predicted molar refractivity (Wildman–Crippen MR) is 68.3 cm³/mol. The molecule has 92 valence electrons. The average molecular weight is 224 g/mol. The highest BCUT2D eigenvalue weighted by molar-refractivity contribution is 5.65. The molecule has 0 N–H and O–H groups in total. The molecule has 0 aliphatic carbocycles. The smallest absolute Gasteiger partial charge is 0.302 e. The van der Waals surface area contributed by atoms with Crippen molar-refractivity contribution in [1.29, 1.82) is 0 Å². The maximum absolute atomic E-state index is 10.5. The second-order valence-electron chi connectivity index (χ2n) is 3.88. The lowest BCUT2D eigenvalue weighted by Crippen LogP contribution is -1.98. The van der Waals surface area contributed by atoms with Gasteiger partial charge in [-0.1, -0.05) is 31.1 Å². The van der Waals surface area contributed by atoms with Gasteiger partial charge in [-0.2, -0.15) is 0 Å². The zero-order valence-corrected chi connectivity index (χ0v) is 10.4. The van der Waals surface area contributed by atoms with Gasteiger partial charge in [0.25, 0.3) is 0 Å². The van der Waals surface area contributed by atoms with Crippen LogP contribution in [0, 0.1) is 0 Å². The number of unbranched alkanes of at least 4 members (excludes halogenated alkanes) is 5. The molecule has 0 bridgehead atoms. The van der Waals surface area contributed by atoms with Crippen LogP contribution in [0.3, 0.4) is 0 Å². The topological polar surface area (TPSA) is 26.3 Å². The van der Waals surface area contributed by atoms with Crippen LogP contribution < -0.4 is 0 Å². The molecule has 0 saturated heterocycles. The highest BCUT2D eigenvalue weighted by Gasteiger charge is 1.89. The Hall–Kier alpha value is -1.05. The van der Waals surface area contributed by atoms with Crippen molar-refractivity contribution in [2.75, 3.05) is 6.61 Å². The molecule has 16 heavy (non-hydrogen) atoms. The van der Waals surface area contributed by atoms with Gasteiger partial charge < -0.3 is 4.74 Å². The fourth-order valence-corrected chi connectivity index (χ4v) is 1.41. The van der Waals surface area contributed by atoms with E-state index in [1.54, 1.807) is 0 Å². The summed E-state index contributed by atoms with van der Waals surface area (Å²) in [6, 6.07) is 0. The Bertz CT molecular complexity index is 207. The zero-order valence-electron chi connectivity index (χ0n) is 10.4. The second-order valence-corrected chi connectivity index (χ2v) is 3.88. The van der Waals surface area contributed by atoms with Crippen molar-refractivity contribution in [3.63, 3.8) is 0 Å². The van der Waals surface area contributed by atoms with Crippen LogP contribution in [0.25, 0.3) is 0 Å². The molecular weight excluding hydrogens is 200 g/mol. The third kappa shape index (κ3) is 12.9. The van der Waals surface area contributed by atoms with Crippen LogP contribution in [-0.4, -0.2) is 12.6 Å². The van der Waals surface area contributed by atoms with Gasteiger partial charge in [0.2, 0.25) is 0 Å². The average Bonchev–Trinajstić information content (AvgIpc) is 2.25. The van der Waals surface area contributed by atoms with Crippen LogP contribution >= 0.6 is 0 Å². The molecule has 2 nitrogen and oxygen atoms in total. The minimum Gasteiger partial charge on any atom is -0.466 e. The van der Waals surface area contributed by atoms with Crippen molar-refractivity contribution < 1.29 is 9.53 Å². The molecular formula is C14H24O2. The van der Waals surface area contributed by atoms with Gasteiger partial charge in [-0.3, -0.25) is 4.79 Å². The number of esters is 1. The molecule has 0 aromatic carbocycles. The molecule has 0 unspecified atom stereocenters. The molecule has 0 aromatic heterocycles. The maximum Gasteiger partial charge on any atom is 0.302 e. The third-order valence-electron chi connectivity index (χ3n) is 2.29. The van der Waals surface area contributed by atoms with Gasteiger partial charge in [0.1, 0.15) is 0 Å². The van der Waals surface area contributed by atoms with Crippen molar-refractivity contribution in [2.24, 2.45) is 0 Å². The molecule has 0 heterocycles. The first-order valence-electron chi connectivity index (χ1n) is 6.16. The normalized spacial score (nSPS) is 10.6. The van der Waals surface area contributed by atoms with E-state index < -0.39 is 0 Å². The minimum absolute atomic E-state index is 0.199. The van der Waals surface area contributed by atoms with Gasteiger partial charge in [-0.15, -0.1) is 6.58 Å². The summed E-state index contributed by atoms with van der Waals surface area (Å²) < 4.78 is 4.81. The van der Waals surface area contributed by atoms with Crippen molar-refractivity contribution in [1.82, 2.24) is 0 Å². The van der Waals surface area contributed by atoms with Gasteiger partial charge in [-0.05, 0) is 32.1 Å². The van der Waals surface area contributed by atoms with Crippen LogP contribution in [0.15, 0.2) is 24.8 Å². The molecule has 0 amide bonds. The van der Waals surface area contributed by atoms with Crippen molar-refractivity contribution in [3.8, 4) is 0 Å². The van der Waals surface area contributed by atoms with Crippen LogP contribution in [0.2, 0.25) is 0 Å². The number of ether oxygens (including phenoxy) is 1. The van der Waals surface area contributed by atoms with E-state index in [-0.39, 0.29) is 5.97 Å². The Labute approximate surface area is 99.4 Å². The first-order chi connectivity index (χ1) is 7.77. The molecule has 0 aromatic rings. The summed E-state index contributed by atoms with van der Waals surface area (Å²) in [6.45, 7) is 5.64. The quantitative estimate of drug-likeness (QED) is 0.318. The number of hydrogen-bond acceptors (Lipinski definition) is 2. The number of carbonyl (C=O) groups excluding carboxylic acids is 1. The fraction of sp³-hybridized carbons (Fsp3) is 0.643. The SMILES string of the molecule is C=CCCCCCC/C=C/CCOC(C)=O. The Morgan fingerprint density at radius 1 is 1.06 bits per heavy atom. The largest absolute Gasteiger partial charge is 0.466 e. The molecule has 0 fully saturated rings. The van der Waals surface area contributed by atoms with E-state index in [2.05, 4.69) is 18.7 Å². The summed E-state index contributed by atoms with van der Waals surface area (Å²) in [5, 5.41) is 0. The van der Waals surface area contributed by atoms with E-state index in [4.69, 9.17) is 4.74 Å². The molecule has 0 saturated carbocycles. The lowest BCUT2D eigenvalue weighted by atomic mass is 10.1. The molecule has 0 aliphatic rings. The molecule has 0 radical (unpaired) electrons. The monoisotopic (exact) mass is 224 g/mol. The Kier molecular flexibility index (Phi) is 11.2. The van der Waals surface area contributed by atoms with E-state index in [1.165, 1.54) is 32.6 Å². The van der Waals surface area contributed by atoms with Gasteiger partial charge >= 0.3 is 5.97 Å². The summed E-state index contributed by atoms with van der Waals surface area (Å²) in [6.07, 6.45) is 14.5. The van der Waals surface area contributed by atoms with Crippen LogP contribution in [-0.2, 0) is 9.53 Å². The van der Waals surface area contributed by atoms with Gasteiger partial charge in [0.05, 0.1) is 6.61 Å². The van der Waals surface area contributed by atoms with E-state index in [0.29, 0.717) is 6.61 Å². The van der Waals surface area contributed by atoms with Crippen molar-refractivity contribution >= 4 is 5.97 Å². The first-order valence-corrected chi connectivity index (χ1v) is 6.16. The molecule has 0 rings (SSSR count). The number of rotatable bonds is 10. The van der Waals surface area contributed by atoms with E-state index in [0.717, 1.165) is 19.3 Å². The molecule has 2 heteroatoms. The van der Waals surface area contributed by atoms with Crippen LogP contribution in [0.4, 0.5) is 0 Å². The Morgan fingerprint density at radius 3 is 2.31 bits per heavy atom. The highest BCUT2D eigenvalue weighted by atomic mass is 16.5. The molecule has 0 atom stereocenters. The Morgan fingerprint density at radius 2 is 1.69 bits per heavy atom. The van der Waals surface area contributed by atoms with Crippen LogP contribution in [0.1, 0.15) is 51.9 Å². The summed E-state index contributed by atoms with van der Waals surface area (Å²) in [5.74, 6) is -0.199.